The van der Waals surface area contributed by atoms with Crippen molar-refractivity contribution in [1.29, 1.82) is 5.26 Å². The molecule has 2 rings (SSSR count). The number of hydrogen-bond acceptors (Lipinski definition) is 3. The summed E-state index contributed by atoms with van der Waals surface area (Å²) in [4.78, 5) is 0. The van der Waals surface area contributed by atoms with E-state index >= 15 is 0 Å². The smallest absolute Gasteiger partial charge is 0.162 e. The number of rotatable bonds is 1. The molecule has 1 aliphatic heterocycles. The molecule has 1 heterocycles. The molecule has 0 amide bonds. The average Bonchev–Trinajstić information content (AvgIpc) is 2.40. The van der Waals surface area contributed by atoms with Crippen molar-refractivity contribution in [3.63, 3.8) is 0 Å². The largest absolute Gasteiger partial charge is 0.489 e. The van der Waals surface area contributed by atoms with Crippen LogP contribution in [0, 0.1) is 16.7 Å². The Kier molecular flexibility index (Phi) is 3.30. The highest BCUT2D eigenvalue weighted by Crippen LogP contribution is 2.37. The molecule has 0 saturated heterocycles. The lowest BCUT2D eigenvalue weighted by Gasteiger charge is -2.19. The van der Waals surface area contributed by atoms with Crippen LogP contribution in [0.3, 0.4) is 0 Å². The highest BCUT2D eigenvalue weighted by Gasteiger charge is 2.25. The molecule has 4 heteroatoms. The molecule has 90 valence electrons. The third-order valence-corrected chi connectivity index (χ3v) is 3.36. The monoisotopic (exact) mass is 295 g/mol. The number of halogens is 1. The molecule has 0 atom stereocenters. The van der Waals surface area contributed by atoms with Gasteiger partial charge in [0.2, 0.25) is 0 Å². The van der Waals surface area contributed by atoms with E-state index in [1.54, 1.807) is 0 Å². The second-order valence-corrected chi connectivity index (χ2v) is 5.82. The fourth-order valence-corrected chi connectivity index (χ4v) is 2.07. The quantitative estimate of drug-likeness (QED) is 0.798. The lowest BCUT2D eigenvalue weighted by atomic mass is 9.97. The molecule has 0 N–H and O–H groups in total. The summed E-state index contributed by atoms with van der Waals surface area (Å²) in [6.07, 6.45) is 0.362. The van der Waals surface area contributed by atoms with Crippen LogP contribution in [0.15, 0.2) is 16.6 Å². The van der Waals surface area contributed by atoms with Gasteiger partial charge in [-0.1, -0.05) is 29.8 Å². The van der Waals surface area contributed by atoms with Gasteiger partial charge in [-0.25, -0.2) is 0 Å². The lowest BCUT2D eigenvalue weighted by molar-refractivity contribution is 0.140. The van der Waals surface area contributed by atoms with Crippen molar-refractivity contribution in [2.24, 2.45) is 5.41 Å². The number of nitriles is 1. The van der Waals surface area contributed by atoms with Gasteiger partial charge >= 0.3 is 0 Å². The molecular formula is C13H14BrNO2. The predicted molar refractivity (Wildman–Crippen MR) is 68.2 cm³/mol. The standard InChI is InChI=1S/C13H14BrNO2/c1-13(2)7-16-11-5-9(3-4-15)10(14)6-12(11)17-8-13/h5-6H,3,7-8H2,1-2H3. The summed E-state index contributed by atoms with van der Waals surface area (Å²) in [5, 5.41) is 8.74. The van der Waals surface area contributed by atoms with Gasteiger partial charge in [0.25, 0.3) is 0 Å². The molecule has 1 aromatic carbocycles. The molecular weight excluding hydrogens is 282 g/mol. The van der Waals surface area contributed by atoms with E-state index in [1.807, 2.05) is 12.1 Å². The van der Waals surface area contributed by atoms with Gasteiger partial charge in [-0.15, -0.1) is 0 Å². The summed E-state index contributed by atoms with van der Waals surface area (Å²) in [5.74, 6) is 1.47. The number of fused-ring (bicyclic) bond motifs is 1. The van der Waals surface area contributed by atoms with Crippen LogP contribution in [0.2, 0.25) is 0 Å². The first kappa shape index (κ1) is 12.3. The van der Waals surface area contributed by atoms with Crippen LogP contribution in [0.4, 0.5) is 0 Å². The maximum atomic E-state index is 8.74. The van der Waals surface area contributed by atoms with Crippen LogP contribution < -0.4 is 9.47 Å². The number of ether oxygens (including phenoxy) is 2. The first-order valence-corrected chi connectivity index (χ1v) is 6.26. The van der Waals surface area contributed by atoms with E-state index in [0.29, 0.717) is 19.6 Å². The van der Waals surface area contributed by atoms with Gasteiger partial charge in [0.15, 0.2) is 11.5 Å². The first-order valence-electron chi connectivity index (χ1n) is 5.47. The van der Waals surface area contributed by atoms with E-state index in [1.165, 1.54) is 0 Å². The van der Waals surface area contributed by atoms with Crippen molar-refractivity contribution in [2.75, 3.05) is 13.2 Å². The third kappa shape index (κ3) is 2.73. The third-order valence-electron chi connectivity index (χ3n) is 2.62. The number of benzene rings is 1. The summed E-state index contributed by atoms with van der Waals surface area (Å²) in [5.41, 5.74) is 0.926. The van der Waals surface area contributed by atoms with Crippen molar-refractivity contribution < 1.29 is 9.47 Å². The molecule has 17 heavy (non-hydrogen) atoms. The van der Waals surface area contributed by atoms with E-state index in [4.69, 9.17) is 14.7 Å². The minimum absolute atomic E-state index is 0.000881. The SMILES string of the molecule is CC1(C)COc2cc(Br)c(CC#N)cc2OC1. The second kappa shape index (κ2) is 4.58. The molecule has 0 radical (unpaired) electrons. The molecule has 0 unspecified atom stereocenters. The summed E-state index contributed by atoms with van der Waals surface area (Å²) < 4.78 is 12.4. The molecule has 0 spiro atoms. The maximum Gasteiger partial charge on any atom is 0.162 e. The highest BCUT2D eigenvalue weighted by molar-refractivity contribution is 9.10. The fraction of sp³-hybridized carbons (Fsp3) is 0.462. The Hall–Kier alpha value is -1.21. The van der Waals surface area contributed by atoms with Crippen LogP contribution in [0.1, 0.15) is 19.4 Å². The lowest BCUT2D eigenvalue weighted by Crippen LogP contribution is -2.26. The van der Waals surface area contributed by atoms with E-state index in [-0.39, 0.29) is 5.41 Å². The van der Waals surface area contributed by atoms with Crippen LogP contribution in [-0.4, -0.2) is 13.2 Å². The van der Waals surface area contributed by atoms with Gasteiger partial charge in [-0.2, -0.15) is 5.26 Å². The molecule has 0 fully saturated rings. The van der Waals surface area contributed by atoms with Gasteiger partial charge in [0.05, 0.1) is 25.7 Å². The van der Waals surface area contributed by atoms with Crippen LogP contribution in [-0.2, 0) is 6.42 Å². The van der Waals surface area contributed by atoms with E-state index in [9.17, 15) is 0 Å². The zero-order chi connectivity index (χ0) is 12.5. The average molecular weight is 296 g/mol. The molecule has 0 bridgehead atoms. The zero-order valence-corrected chi connectivity index (χ0v) is 11.5. The van der Waals surface area contributed by atoms with Crippen molar-refractivity contribution >= 4 is 15.9 Å². The van der Waals surface area contributed by atoms with Crippen LogP contribution in [0.25, 0.3) is 0 Å². The summed E-state index contributed by atoms with van der Waals surface area (Å²) in [6, 6.07) is 5.89. The number of hydrogen-bond donors (Lipinski definition) is 0. The molecule has 0 saturated carbocycles. The van der Waals surface area contributed by atoms with Gasteiger partial charge < -0.3 is 9.47 Å². The van der Waals surface area contributed by atoms with Gasteiger partial charge in [-0.3, -0.25) is 0 Å². The van der Waals surface area contributed by atoms with Crippen molar-refractivity contribution in [3.05, 3.63) is 22.2 Å². The highest BCUT2D eigenvalue weighted by atomic mass is 79.9. The summed E-state index contributed by atoms with van der Waals surface area (Å²) >= 11 is 3.44. The van der Waals surface area contributed by atoms with Gasteiger partial charge in [0.1, 0.15) is 0 Å². The predicted octanol–water partition coefficient (Wildman–Crippen LogP) is 3.31. The second-order valence-electron chi connectivity index (χ2n) is 4.97. The molecule has 3 nitrogen and oxygen atoms in total. The van der Waals surface area contributed by atoms with E-state index < -0.39 is 0 Å². The van der Waals surface area contributed by atoms with Crippen LogP contribution in [0.5, 0.6) is 11.5 Å². The van der Waals surface area contributed by atoms with Crippen molar-refractivity contribution in [2.45, 2.75) is 20.3 Å². The summed E-state index contributed by atoms with van der Waals surface area (Å²) in [7, 11) is 0. The van der Waals surface area contributed by atoms with Crippen LogP contribution >= 0.6 is 15.9 Å². The zero-order valence-electron chi connectivity index (χ0n) is 9.92. The minimum Gasteiger partial charge on any atom is -0.489 e. The van der Waals surface area contributed by atoms with E-state index in [0.717, 1.165) is 21.5 Å². The minimum atomic E-state index is 0.000881. The summed E-state index contributed by atoms with van der Waals surface area (Å²) in [6.45, 7) is 5.45. The van der Waals surface area contributed by atoms with Gasteiger partial charge in [-0.05, 0) is 17.7 Å². The first-order chi connectivity index (χ1) is 8.02. The fourth-order valence-electron chi connectivity index (χ4n) is 1.61. The molecule has 0 aromatic heterocycles. The Bertz CT molecular complexity index is 477. The van der Waals surface area contributed by atoms with E-state index in [2.05, 4.69) is 35.8 Å². The molecule has 0 aliphatic carbocycles. The Labute approximate surface area is 109 Å². The Morgan fingerprint density at radius 1 is 1.29 bits per heavy atom. The number of nitrogens with zero attached hydrogens (tertiary/aromatic N) is 1. The maximum absolute atomic E-state index is 8.74. The van der Waals surface area contributed by atoms with Crippen molar-refractivity contribution in [1.82, 2.24) is 0 Å². The Morgan fingerprint density at radius 3 is 2.47 bits per heavy atom. The molecule has 1 aliphatic rings. The molecule has 1 aromatic rings. The normalized spacial score (nSPS) is 17.1. The Balaban J connectivity index is 2.35. The topological polar surface area (TPSA) is 42.2 Å². The van der Waals surface area contributed by atoms with Gasteiger partial charge in [0, 0.05) is 9.89 Å². The Morgan fingerprint density at radius 2 is 1.88 bits per heavy atom. The van der Waals surface area contributed by atoms with Crippen molar-refractivity contribution in [3.8, 4) is 17.6 Å².